The van der Waals surface area contributed by atoms with Crippen LogP contribution in [0.3, 0.4) is 0 Å². The Bertz CT molecular complexity index is 221. The lowest BCUT2D eigenvalue weighted by molar-refractivity contribution is -0.0485. The molecule has 0 radical (unpaired) electrons. The highest BCUT2D eigenvalue weighted by Gasteiger charge is 2.40. The van der Waals surface area contributed by atoms with E-state index in [-0.39, 0.29) is 0 Å². The molecule has 14 heavy (non-hydrogen) atoms. The topological polar surface area (TPSA) is 24.5 Å². The molecule has 3 heteroatoms. The first kappa shape index (κ1) is 9.13. The lowest BCUT2D eigenvalue weighted by Crippen LogP contribution is -2.51. The minimum atomic E-state index is 0.470. The minimum absolute atomic E-state index is 0.470. The Morgan fingerprint density at radius 3 is 3.07 bits per heavy atom. The van der Waals surface area contributed by atoms with Crippen LogP contribution in [-0.4, -0.2) is 49.8 Å². The van der Waals surface area contributed by atoms with Gasteiger partial charge in [0.2, 0.25) is 0 Å². The summed E-state index contributed by atoms with van der Waals surface area (Å²) in [4.78, 5) is 2.66. The fraction of sp³-hybridized carbons (Fsp3) is 1.00. The number of fused-ring (bicyclic) bond motifs is 1. The molecule has 0 bridgehead atoms. The highest BCUT2D eigenvalue weighted by molar-refractivity contribution is 4.95. The van der Waals surface area contributed by atoms with E-state index in [1.807, 2.05) is 0 Å². The van der Waals surface area contributed by atoms with Gasteiger partial charge in [-0.25, -0.2) is 0 Å². The lowest BCUT2D eigenvalue weighted by Gasteiger charge is -2.37. The van der Waals surface area contributed by atoms with Gasteiger partial charge in [-0.15, -0.1) is 0 Å². The molecule has 3 nitrogen and oxygen atoms in total. The fourth-order valence-corrected chi connectivity index (χ4v) is 2.84. The molecule has 2 unspecified atom stereocenters. The van der Waals surface area contributed by atoms with Crippen LogP contribution < -0.4 is 5.32 Å². The van der Waals surface area contributed by atoms with Crippen molar-refractivity contribution in [3.05, 3.63) is 0 Å². The van der Waals surface area contributed by atoms with Crippen molar-refractivity contribution in [3.63, 3.8) is 0 Å². The van der Waals surface area contributed by atoms with Crippen molar-refractivity contribution in [2.75, 3.05) is 32.8 Å². The van der Waals surface area contributed by atoms with Gasteiger partial charge in [-0.2, -0.15) is 0 Å². The number of ether oxygens (including phenoxy) is 1. The van der Waals surface area contributed by atoms with Gasteiger partial charge in [-0.1, -0.05) is 6.92 Å². The molecule has 2 heterocycles. The van der Waals surface area contributed by atoms with Crippen LogP contribution in [0.25, 0.3) is 0 Å². The molecule has 3 fully saturated rings. The third-order valence-electron chi connectivity index (χ3n) is 4.05. The second-order valence-electron chi connectivity index (χ2n) is 5.10. The average molecular weight is 196 g/mol. The third kappa shape index (κ3) is 1.58. The van der Waals surface area contributed by atoms with Crippen molar-refractivity contribution in [3.8, 4) is 0 Å². The van der Waals surface area contributed by atoms with E-state index in [9.17, 15) is 0 Å². The normalized spacial score (nSPS) is 47.8. The summed E-state index contributed by atoms with van der Waals surface area (Å²) in [5.74, 6) is 1.96. The van der Waals surface area contributed by atoms with E-state index in [1.165, 1.54) is 13.0 Å². The van der Waals surface area contributed by atoms with E-state index >= 15 is 0 Å². The van der Waals surface area contributed by atoms with Gasteiger partial charge in [0.15, 0.2) is 0 Å². The van der Waals surface area contributed by atoms with Crippen molar-refractivity contribution >= 4 is 0 Å². The van der Waals surface area contributed by atoms with Crippen LogP contribution >= 0.6 is 0 Å². The Balaban J connectivity index is 1.60. The fourth-order valence-electron chi connectivity index (χ4n) is 2.84. The summed E-state index contributed by atoms with van der Waals surface area (Å²) in [6, 6.07) is 0.663. The Hall–Kier alpha value is -0.120. The molecule has 0 aromatic carbocycles. The van der Waals surface area contributed by atoms with Gasteiger partial charge in [-0.3, -0.25) is 4.90 Å². The molecule has 3 aliphatic rings. The third-order valence-corrected chi connectivity index (χ3v) is 4.05. The maximum Gasteiger partial charge on any atom is 0.0867 e. The summed E-state index contributed by atoms with van der Waals surface area (Å²) >= 11 is 0. The van der Waals surface area contributed by atoms with Crippen LogP contribution in [-0.2, 0) is 4.74 Å². The average Bonchev–Trinajstić information content (AvgIpc) is 2.69. The predicted molar refractivity (Wildman–Crippen MR) is 55.2 cm³/mol. The quantitative estimate of drug-likeness (QED) is 0.688. The molecule has 2 aliphatic heterocycles. The second-order valence-corrected chi connectivity index (χ2v) is 5.10. The molecule has 0 aromatic heterocycles. The van der Waals surface area contributed by atoms with E-state index in [0.29, 0.717) is 12.1 Å². The molecule has 0 amide bonds. The summed E-state index contributed by atoms with van der Waals surface area (Å²) in [7, 11) is 0. The summed E-state index contributed by atoms with van der Waals surface area (Å²) < 4.78 is 5.76. The second kappa shape index (κ2) is 3.47. The molecule has 0 aromatic rings. The molecule has 3 rings (SSSR count). The highest BCUT2D eigenvalue weighted by atomic mass is 16.5. The standard InChI is InChI=1S/C11H20N2O/c1-8-4-9(8)7-13-2-3-14-11-6-12-5-10(11)13/h8-12H,2-7H2,1H3/t8?,9?,10-,11+/m1/s1. The van der Waals surface area contributed by atoms with E-state index in [0.717, 1.165) is 38.1 Å². The smallest absolute Gasteiger partial charge is 0.0867 e. The first-order chi connectivity index (χ1) is 6.84. The van der Waals surface area contributed by atoms with Crippen LogP contribution in [0.1, 0.15) is 13.3 Å². The Morgan fingerprint density at radius 1 is 1.43 bits per heavy atom. The van der Waals surface area contributed by atoms with Crippen LogP contribution in [0.2, 0.25) is 0 Å². The molecule has 0 spiro atoms. The van der Waals surface area contributed by atoms with Crippen LogP contribution in [0.5, 0.6) is 0 Å². The minimum Gasteiger partial charge on any atom is -0.374 e. The van der Waals surface area contributed by atoms with Crippen LogP contribution in [0.4, 0.5) is 0 Å². The van der Waals surface area contributed by atoms with Gasteiger partial charge in [0.05, 0.1) is 12.7 Å². The van der Waals surface area contributed by atoms with Crippen molar-refractivity contribution in [1.29, 1.82) is 0 Å². The first-order valence-electron chi connectivity index (χ1n) is 5.91. The number of hydrogen-bond donors (Lipinski definition) is 1. The van der Waals surface area contributed by atoms with Crippen LogP contribution in [0.15, 0.2) is 0 Å². The van der Waals surface area contributed by atoms with Crippen molar-refractivity contribution in [2.45, 2.75) is 25.5 Å². The van der Waals surface area contributed by atoms with Gasteiger partial charge in [0, 0.05) is 32.2 Å². The zero-order valence-corrected chi connectivity index (χ0v) is 8.91. The van der Waals surface area contributed by atoms with E-state index in [1.54, 1.807) is 0 Å². The van der Waals surface area contributed by atoms with Crippen molar-refractivity contribution in [1.82, 2.24) is 10.2 Å². The summed E-state index contributed by atoms with van der Waals surface area (Å²) in [6.45, 7) is 7.95. The van der Waals surface area contributed by atoms with Crippen LogP contribution in [0, 0.1) is 11.8 Å². The number of hydrogen-bond acceptors (Lipinski definition) is 3. The van der Waals surface area contributed by atoms with E-state index < -0.39 is 0 Å². The first-order valence-corrected chi connectivity index (χ1v) is 5.91. The predicted octanol–water partition coefficient (Wildman–Crippen LogP) is 0.315. The van der Waals surface area contributed by atoms with Gasteiger partial charge in [0.25, 0.3) is 0 Å². The number of rotatable bonds is 2. The Labute approximate surface area is 85.8 Å². The molecule has 4 atom stereocenters. The Kier molecular flexibility index (Phi) is 2.26. The molecular formula is C11H20N2O. The molecule has 1 saturated carbocycles. The summed E-state index contributed by atoms with van der Waals surface area (Å²) in [5.41, 5.74) is 0. The van der Waals surface area contributed by atoms with Gasteiger partial charge in [0.1, 0.15) is 0 Å². The number of morpholine rings is 1. The molecule has 1 N–H and O–H groups in total. The molecule has 80 valence electrons. The van der Waals surface area contributed by atoms with Crippen molar-refractivity contribution < 1.29 is 4.74 Å². The SMILES string of the molecule is CC1CC1CN1CCO[C@H]2CNC[C@H]21. The van der Waals surface area contributed by atoms with Crippen molar-refractivity contribution in [2.24, 2.45) is 11.8 Å². The number of nitrogens with one attached hydrogen (secondary N) is 1. The van der Waals surface area contributed by atoms with Gasteiger partial charge < -0.3 is 10.1 Å². The largest absolute Gasteiger partial charge is 0.374 e. The van der Waals surface area contributed by atoms with E-state index in [4.69, 9.17) is 4.74 Å². The Morgan fingerprint density at radius 2 is 2.29 bits per heavy atom. The maximum absolute atomic E-state index is 5.76. The van der Waals surface area contributed by atoms with E-state index in [2.05, 4.69) is 17.1 Å². The highest BCUT2D eigenvalue weighted by Crippen LogP contribution is 2.39. The lowest BCUT2D eigenvalue weighted by atomic mass is 10.1. The van der Waals surface area contributed by atoms with Gasteiger partial charge >= 0.3 is 0 Å². The molecule has 1 aliphatic carbocycles. The molecular weight excluding hydrogens is 176 g/mol. The zero-order chi connectivity index (χ0) is 9.54. The maximum atomic E-state index is 5.76. The zero-order valence-electron chi connectivity index (χ0n) is 8.91. The molecule has 2 saturated heterocycles. The summed E-state index contributed by atoms with van der Waals surface area (Å²) in [6.07, 6.45) is 1.92. The monoisotopic (exact) mass is 196 g/mol. The number of nitrogens with zero attached hydrogens (tertiary/aromatic N) is 1. The summed E-state index contributed by atoms with van der Waals surface area (Å²) in [5, 5.41) is 3.43. The van der Waals surface area contributed by atoms with Gasteiger partial charge in [-0.05, 0) is 18.3 Å².